The number of thiophene rings is 1. The summed E-state index contributed by atoms with van der Waals surface area (Å²) >= 11 is 0.410. The fourth-order valence-electron chi connectivity index (χ4n) is 1.74. The third kappa shape index (κ3) is 3.01. The predicted molar refractivity (Wildman–Crippen MR) is 70.7 cm³/mol. The molecule has 0 unspecified atom stereocenters. The Bertz CT molecular complexity index is 603. The molecular formula is C14H11F3O2S. The van der Waals surface area contributed by atoms with Crippen molar-refractivity contribution < 1.29 is 22.7 Å². The van der Waals surface area contributed by atoms with Crippen molar-refractivity contribution in [1.29, 1.82) is 0 Å². The number of carbonyl (C=O) groups excluding carboxylic acids is 1. The molecule has 0 spiro atoms. The largest absolute Gasteiger partial charge is 0.462 e. The molecule has 1 aromatic heterocycles. The van der Waals surface area contributed by atoms with Gasteiger partial charge in [0.2, 0.25) is 0 Å². The summed E-state index contributed by atoms with van der Waals surface area (Å²) in [7, 11) is 0. The highest BCUT2D eigenvalue weighted by Gasteiger charge is 2.37. The summed E-state index contributed by atoms with van der Waals surface area (Å²) in [5, 5.41) is 0. The molecule has 0 amide bonds. The lowest BCUT2D eigenvalue weighted by Crippen LogP contribution is -2.03. The maximum atomic E-state index is 13.1. The summed E-state index contributed by atoms with van der Waals surface area (Å²) in [5.74, 6) is -0.731. The third-order valence-electron chi connectivity index (χ3n) is 2.55. The molecule has 0 aliphatic heterocycles. The van der Waals surface area contributed by atoms with Gasteiger partial charge in [0.15, 0.2) is 0 Å². The quantitative estimate of drug-likeness (QED) is 0.774. The predicted octanol–water partition coefficient (Wildman–Crippen LogP) is 4.61. The Kier molecular flexibility index (Phi) is 4.13. The summed E-state index contributed by atoms with van der Waals surface area (Å²) in [6.07, 6.45) is -4.50. The van der Waals surface area contributed by atoms with E-state index in [1.54, 1.807) is 37.3 Å². The van der Waals surface area contributed by atoms with Crippen LogP contribution in [0.4, 0.5) is 13.2 Å². The summed E-state index contributed by atoms with van der Waals surface area (Å²) < 4.78 is 43.9. The molecule has 6 heteroatoms. The van der Waals surface area contributed by atoms with Crippen molar-refractivity contribution >= 4 is 17.3 Å². The molecular weight excluding hydrogens is 289 g/mol. The van der Waals surface area contributed by atoms with E-state index < -0.39 is 17.0 Å². The molecule has 0 saturated carbocycles. The van der Waals surface area contributed by atoms with Crippen molar-refractivity contribution in [1.82, 2.24) is 0 Å². The minimum Gasteiger partial charge on any atom is -0.462 e. The first-order valence-corrected chi connectivity index (χ1v) is 6.68. The van der Waals surface area contributed by atoms with Crippen LogP contribution >= 0.6 is 11.3 Å². The van der Waals surface area contributed by atoms with E-state index in [0.29, 0.717) is 16.9 Å². The topological polar surface area (TPSA) is 26.3 Å². The van der Waals surface area contributed by atoms with Gasteiger partial charge in [-0.15, -0.1) is 11.3 Å². The van der Waals surface area contributed by atoms with E-state index >= 15 is 0 Å². The van der Waals surface area contributed by atoms with Crippen LogP contribution in [0.1, 0.15) is 21.5 Å². The number of hydrogen-bond donors (Lipinski definition) is 0. The van der Waals surface area contributed by atoms with Crippen molar-refractivity contribution in [2.75, 3.05) is 6.61 Å². The van der Waals surface area contributed by atoms with Gasteiger partial charge in [-0.2, -0.15) is 13.2 Å². The molecule has 0 fully saturated rings. The normalized spacial score (nSPS) is 11.4. The number of halogens is 3. The van der Waals surface area contributed by atoms with E-state index in [2.05, 4.69) is 0 Å². The number of hydrogen-bond acceptors (Lipinski definition) is 3. The summed E-state index contributed by atoms with van der Waals surface area (Å²) in [6, 6.07) is 9.41. The molecule has 1 heterocycles. The van der Waals surface area contributed by atoms with E-state index in [4.69, 9.17) is 4.74 Å². The number of carbonyl (C=O) groups is 1. The van der Waals surface area contributed by atoms with Crippen LogP contribution in [-0.4, -0.2) is 12.6 Å². The number of rotatable bonds is 3. The molecule has 0 saturated heterocycles. The average Bonchev–Trinajstić information content (AvgIpc) is 2.85. The first-order valence-electron chi connectivity index (χ1n) is 5.87. The van der Waals surface area contributed by atoms with Gasteiger partial charge in [0.05, 0.1) is 6.61 Å². The van der Waals surface area contributed by atoms with Crippen LogP contribution in [-0.2, 0) is 10.9 Å². The second kappa shape index (κ2) is 5.66. The van der Waals surface area contributed by atoms with E-state index in [0.717, 1.165) is 0 Å². The van der Waals surface area contributed by atoms with Crippen molar-refractivity contribution in [3.05, 3.63) is 46.2 Å². The van der Waals surface area contributed by atoms with Crippen LogP contribution in [0.2, 0.25) is 0 Å². The molecule has 0 aliphatic carbocycles. The molecule has 2 nitrogen and oxygen atoms in total. The van der Waals surface area contributed by atoms with Crippen LogP contribution in [0.5, 0.6) is 0 Å². The van der Waals surface area contributed by atoms with Gasteiger partial charge in [-0.05, 0) is 18.6 Å². The highest BCUT2D eigenvalue weighted by molar-refractivity contribution is 7.14. The molecule has 0 aliphatic rings. The Morgan fingerprint density at radius 3 is 2.45 bits per heavy atom. The van der Waals surface area contributed by atoms with Gasteiger partial charge < -0.3 is 4.74 Å². The first-order chi connectivity index (χ1) is 9.43. The minimum atomic E-state index is -4.50. The molecule has 1 aromatic carbocycles. The zero-order chi connectivity index (χ0) is 14.8. The maximum Gasteiger partial charge on any atom is 0.426 e. The van der Waals surface area contributed by atoms with Crippen molar-refractivity contribution in [2.24, 2.45) is 0 Å². The average molecular weight is 300 g/mol. The molecule has 2 rings (SSSR count). The zero-order valence-electron chi connectivity index (χ0n) is 10.5. The van der Waals surface area contributed by atoms with Crippen LogP contribution < -0.4 is 0 Å². The Labute approximate surface area is 117 Å². The fourth-order valence-corrected chi connectivity index (χ4v) is 2.68. The van der Waals surface area contributed by atoms with E-state index in [-0.39, 0.29) is 17.0 Å². The Morgan fingerprint density at radius 2 is 1.90 bits per heavy atom. The lowest BCUT2D eigenvalue weighted by atomic mass is 10.1. The number of benzene rings is 1. The number of esters is 1. The summed E-state index contributed by atoms with van der Waals surface area (Å²) in [4.78, 5) is 10.8. The van der Waals surface area contributed by atoms with Crippen molar-refractivity contribution in [2.45, 2.75) is 13.1 Å². The number of ether oxygens (including phenoxy) is 1. The van der Waals surface area contributed by atoms with Gasteiger partial charge in [0.25, 0.3) is 0 Å². The monoisotopic (exact) mass is 300 g/mol. The highest BCUT2D eigenvalue weighted by atomic mass is 32.1. The maximum absolute atomic E-state index is 13.1. The second-order valence-electron chi connectivity index (χ2n) is 3.94. The molecule has 0 radical (unpaired) electrons. The van der Waals surface area contributed by atoms with Crippen molar-refractivity contribution in [3.8, 4) is 11.1 Å². The van der Waals surface area contributed by atoms with Gasteiger partial charge in [0, 0.05) is 5.56 Å². The lowest BCUT2D eigenvalue weighted by molar-refractivity contribution is -0.133. The van der Waals surface area contributed by atoms with Crippen LogP contribution in [0.25, 0.3) is 11.1 Å². The van der Waals surface area contributed by atoms with Crippen molar-refractivity contribution in [3.63, 3.8) is 0 Å². The molecule has 2 aromatic rings. The van der Waals surface area contributed by atoms with Crippen LogP contribution in [0, 0.1) is 0 Å². The van der Waals surface area contributed by atoms with E-state index in [1.807, 2.05) is 0 Å². The standard InChI is InChI=1S/C14H11F3O2S/c1-2-19-13(18)11-8-10(9-6-4-3-5-7-9)12(20-11)14(15,16)17/h3-8H,2H2,1H3. The Morgan fingerprint density at radius 1 is 1.25 bits per heavy atom. The fraction of sp³-hybridized carbons (Fsp3) is 0.214. The highest BCUT2D eigenvalue weighted by Crippen LogP contribution is 2.42. The molecule has 0 atom stereocenters. The molecule has 20 heavy (non-hydrogen) atoms. The van der Waals surface area contributed by atoms with Crippen LogP contribution in [0.3, 0.4) is 0 Å². The third-order valence-corrected chi connectivity index (χ3v) is 3.71. The lowest BCUT2D eigenvalue weighted by Gasteiger charge is -2.07. The van der Waals surface area contributed by atoms with Gasteiger partial charge in [-0.3, -0.25) is 0 Å². The Balaban J connectivity index is 2.52. The zero-order valence-corrected chi connectivity index (χ0v) is 11.3. The van der Waals surface area contributed by atoms with Gasteiger partial charge >= 0.3 is 12.1 Å². The summed E-state index contributed by atoms with van der Waals surface area (Å²) in [6.45, 7) is 1.73. The number of alkyl halides is 3. The smallest absolute Gasteiger partial charge is 0.426 e. The Hall–Kier alpha value is -1.82. The first kappa shape index (κ1) is 14.6. The van der Waals surface area contributed by atoms with E-state index in [9.17, 15) is 18.0 Å². The molecule has 0 N–H and O–H groups in total. The van der Waals surface area contributed by atoms with Gasteiger partial charge in [-0.1, -0.05) is 30.3 Å². The molecule has 0 bridgehead atoms. The SMILES string of the molecule is CCOC(=O)c1cc(-c2ccccc2)c(C(F)(F)F)s1. The van der Waals surface area contributed by atoms with Gasteiger partial charge in [-0.25, -0.2) is 4.79 Å². The minimum absolute atomic E-state index is 0.00570. The summed E-state index contributed by atoms with van der Waals surface area (Å²) in [5.41, 5.74) is 0.428. The molecule has 106 valence electrons. The van der Waals surface area contributed by atoms with Gasteiger partial charge in [0.1, 0.15) is 9.75 Å². The second-order valence-corrected chi connectivity index (χ2v) is 4.99. The van der Waals surface area contributed by atoms with Crippen LogP contribution in [0.15, 0.2) is 36.4 Å². The van der Waals surface area contributed by atoms with E-state index in [1.165, 1.54) is 6.07 Å².